The van der Waals surface area contributed by atoms with Gasteiger partial charge in [-0.05, 0) is 35.9 Å². The van der Waals surface area contributed by atoms with Crippen LogP contribution in [0.25, 0.3) is 0 Å². The maximum Gasteiger partial charge on any atom is 0.252 e. The fourth-order valence-corrected chi connectivity index (χ4v) is 1.77. The van der Waals surface area contributed by atoms with Gasteiger partial charge in [-0.3, -0.25) is 4.79 Å². The molecule has 0 aliphatic carbocycles. The van der Waals surface area contributed by atoms with E-state index in [4.69, 9.17) is 20.8 Å². The topological polar surface area (TPSA) is 80.9 Å². The molecule has 0 spiro atoms. The van der Waals surface area contributed by atoms with Crippen LogP contribution in [0, 0.1) is 0 Å². The smallest absolute Gasteiger partial charge is 0.252 e. The molecule has 2 N–H and O–H groups in total. The first kappa shape index (κ1) is 13.6. The summed E-state index contributed by atoms with van der Waals surface area (Å²) in [6, 6.07) is 8.53. The Morgan fingerprint density at radius 3 is 2.21 bits per heavy atom. The molecule has 100 valence electrons. The van der Waals surface area contributed by atoms with E-state index in [0.717, 1.165) is 3.97 Å². The van der Waals surface area contributed by atoms with Crippen LogP contribution in [-0.4, -0.2) is 19.4 Å². The van der Waals surface area contributed by atoms with Gasteiger partial charge >= 0.3 is 0 Å². The summed E-state index contributed by atoms with van der Waals surface area (Å²) in [5.41, 5.74) is 0.336. The van der Waals surface area contributed by atoms with Gasteiger partial charge in [-0.25, -0.2) is 0 Å². The standard InChI is InChI=1S/C11H8ClNO5S/c12-11(16)7-1-3-8(4-2-7)17-18-19-13-9(14)5-6-10(13)15/h1-6,14-15H. The third-order valence-electron chi connectivity index (χ3n) is 2.11. The molecule has 8 heteroatoms. The Morgan fingerprint density at radius 2 is 1.68 bits per heavy atom. The molecule has 0 aliphatic heterocycles. The van der Waals surface area contributed by atoms with Crippen LogP contribution in [0.1, 0.15) is 10.4 Å². The minimum atomic E-state index is -0.566. The Bertz CT molecular complexity index is 564. The number of hydrogen-bond acceptors (Lipinski definition) is 6. The molecule has 2 aromatic rings. The summed E-state index contributed by atoms with van der Waals surface area (Å²) in [4.78, 5) is 15.7. The first-order chi connectivity index (χ1) is 9.08. The third kappa shape index (κ3) is 3.34. The predicted octanol–water partition coefficient (Wildman–Crippen LogP) is 2.70. The lowest BCUT2D eigenvalue weighted by molar-refractivity contribution is -0.0789. The second-order valence-electron chi connectivity index (χ2n) is 3.37. The lowest BCUT2D eigenvalue weighted by Crippen LogP contribution is -1.95. The van der Waals surface area contributed by atoms with E-state index in [0.29, 0.717) is 23.5 Å². The minimum Gasteiger partial charge on any atom is -0.494 e. The number of carbonyl (C=O) groups is 1. The maximum atomic E-state index is 10.8. The van der Waals surface area contributed by atoms with Crippen LogP contribution in [0.4, 0.5) is 0 Å². The first-order valence-electron chi connectivity index (χ1n) is 4.99. The molecule has 0 saturated carbocycles. The third-order valence-corrected chi connectivity index (χ3v) is 2.98. The fourth-order valence-electron chi connectivity index (χ4n) is 1.20. The van der Waals surface area contributed by atoms with Gasteiger partial charge in [0, 0.05) is 17.7 Å². The number of aromatic hydroxyl groups is 2. The number of hydrogen-bond donors (Lipinski definition) is 2. The number of rotatable bonds is 5. The van der Waals surface area contributed by atoms with Gasteiger partial charge in [-0.15, -0.1) is 0 Å². The first-order valence-corrected chi connectivity index (χ1v) is 6.07. The van der Waals surface area contributed by atoms with Crippen molar-refractivity contribution in [3.8, 4) is 17.5 Å². The second-order valence-corrected chi connectivity index (χ2v) is 4.36. The molecular weight excluding hydrogens is 294 g/mol. The largest absolute Gasteiger partial charge is 0.494 e. The van der Waals surface area contributed by atoms with Gasteiger partial charge in [-0.2, -0.15) is 3.97 Å². The normalized spacial score (nSPS) is 10.4. The van der Waals surface area contributed by atoms with Gasteiger partial charge in [0.2, 0.25) is 11.8 Å². The van der Waals surface area contributed by atoms with Crippen LogP contribution in [0.2, 0.25) is 0 Å². The van der Waals surface area contributed by atoms with Crippen molar-refractivity contribution in [2.24, 2.45) is 0 Å². The number of halogens is 1. The highest BCUT2D eigenvalue weighted by Gasteiger charge is 2.08. The van der Waals surface area contributed by atoms with Crippen molar-refractivity contribution in [2.75, 3.05) is 0 Å². The Hall–Kier alpha value is -1.83. The van der Waals surface area contributed by atoms with E-state index >= 15 is 0 Å². The van der Waals surface area contributed by atoms with Gasteiger partial charge in [0.25, 0.3) is 5.24 Å². The highest BCUT2D eigenvalue weighted by atomic mass is 35.5. The summed E-state index contributed by atoms with van der Waals surface area (Å²) < 4.78 is 5.78. The molecule has 1 heterocycles. The molecule has 6 nitrogen and oxygen atoms in total. The van der Waals surface area contributed by atoms with Gasteiger partial charge < -0.3 is 15.1 Å². The van der Waals surface area contributed by atoms with Crippen LogP contribution >= 0.6 is 23.8 Å². The highest BCUT2D eigenvalue weighted by Crippen LogP contribution is 2.28. The zero-order valence-corrected chi connectivity index (χ0v) is 10.9. The molecule has 0 saturated heterocycles. The summed E-state index contributed by atoms with van der Waals surface area (Å²) in [7, 11) is 0. The molecule has 0 radical (unpaired) electrons. The summed E-state index contributed by atoms with van der Waals surface area (Å²) in [5.74, 6) is -0.0383. The van der Waals surface area contributed by atoms with Crippen molar-refractivity contribution < 1.29 is 24.2 Å². The second kappa shape index (κ2) is 5.87. The average Bonchev–Trinajstić information content (AvgIpc) is 2.71. The molecule has 0 fully saturated rings. The van der Waals surface area contributed by atoms with Gasteiger partial charge in [0.1, 0.15) is 0 Å². The summed E-state index contributed by atoms with van der Waals surface area (Å²) in [5, 5.41) is 18.1. The molecule has 0 bridgehead atoms. The van der Waals surface area contributed by atoms with Gasteiger partial charge in [0.05, 0.1) is 0 Å². The van der Waals surface area contributed by atoms with Gasteiger partial charge in [0.15, 0.2) is 18.0 Å². The van der Waals surface area contributed by atoms with E-state index in [2.05, 4.69) is 0 Å². The number of aromatic nitrogens is 1. The van der Waals surface area contributed by atoms with E-state index in [1.165, 1.54) is 36.4 Å². The van der Waals surface area contributed by atoms with E-state index in [1.807, 2.05) is 0 Å². The van der Waals surface area contributed by atoms with Crippen molar-refractivity contribution in [3.05, 3.63) is 42.0 Å². The Labute approximate surface area is 117 Å². The molecule has 0 amide bonds. The zero-order valence-electron chi connectivity index (χ0n) is 9.32. The summed E-state index contributed by atoms with van der Waals surface area (Å²) >= 11 is 5.88. The van der Waals surface area contributed by atoms with Crippen LogP contribution < -0.4 is 4.89 Å². The van der Waals surface area contributed by atoms with E-state index in [-0.39, 0.29) is 11.8 Å². The lowest BCUT2D eigenvalue weighted by atomic mass is 10.2. The van der Waals surface area contributed by atoms with Gasteiger partial charge in [-0.1, -0.05) is 4.33 Å². The lowest BCUT2D eigenvalue weighted by Gasteiger charge is -2.05. The van der Waals surface area contributed by atoms with Crippen LogP contribution in [0.15, 0.2) is 36.4 Å². The number of benzene rings is 1. The maximum absolute atomic E-state index is 10.8. The highest BCUT2D eigenvalue weighted by molar-refractivity contribution is 7.93. The van der Waals surface area contributed by atoms with E-state index in [1.54, 1.807) is 0 Å². The summed E-state index contributed by atoms with van der Waals surface area (Å²) in [6.45, 7) is 0. The minimum absolute atomic E-state index is 0.186. The number of nitrogens with zero attached hydrogens (tertiary/aromatic N) is 1. The molecule has 2 rings (SSSR count). The average molecular weight is 302 g/mol. The van der Waals surface area contributed by atoms with Crippen LogP contribution in [-0.2, 0) is 4.33 Å². The van der Waals surface area contributed by atoms with Crippen molar-refractivity contribution in [1.29, 1.82) is 0 Å². The van der Waals surface area contributed by atoms with Crippen molar-refractivity contribution >= 4 is 29.1 Å². The monoisotopic (exact) mass is 301 g/mol. The van der Waals surface area contributed by atoms with Crippen molar-refractivity contribution in [3.63, 3.8) is 0 Å². The molecule has 1 aromatic carbocycles. The van der Waals surface area contributed by atoms with Crippen molar-refractivity contribution in [2.45, 2.75) is 0 Å². The Balaban J connectivity index is 1.91. The Morgan fingerprint density at radius 1 is 1.11 bits per heavy atom. The van der Waals surface area contributed by atoms with Crippen LogP contribution in [0.5, 0.6) is 17.5 Å². The van der Waals surface area contributed by atoms with Crippen molar-refractivity contribution in [1.82, 2.24) is 3.97 Å². The molecule has 0 aliphatic rings. The SMILES string of the molecule is O=C(Cl)c1ccc(OOSn2c(O)ccc2O)cc1. The quantitative estimate of drug-likeness (QED) is 0.382. The zero-order chi connectivity index (χ0) is 13.8. The van der Waals surface area contributed by atoms with E-state index < -0.39 is 5.24 Å². The number of carbonyl (C=O) groups excluding carboxylic acids is 1. The Kier molecular flexibility index (Phi) is 4.20. The summed E-state index contributed by atoms with van der Waals surface area (Å²) in [6.07, 6.45) is 0. The van der Waals surface area contributed by atoms with Crippen LogP contribution in [0.3, 0.4) is 0 Å². The fraction of sp³-hybridized carbons (Fsp3) is 0. The molecule has 0 atom stereocenters. The molecule has 1 aromatic heterocycles. The molecule has 0 unspecified atom stereocenters. The molecule has 19 heavy (non-hydrogen) atoms. The van der Waals surface area contributed by atoms with E-state index in [9.17, 15) is 15.0 Å². The molecular formula is C11H8ClNO5S. The predicted molar refractivity (Wildman–Crippen MR) is 69.1 cm³/mol.